The first-order valence-electron chi connectivity index (χ1n) is 10.5. The van der Waals surface area contributed by atoms with E-state index in [2.05, 4.69) is 10.3 Å². The molecule has 1 aliphatic rings. The minimum Gasteiger partial charge on any atom is -0.452 e. The number of amides is 2. The van der Waals surface area contributed by atoms with Crippen LogP contribution in [0.15, 0.2) is 54.1 Å². The van der Waals surface area contributed by atoms with Gasteiger partial charge in [-0.25, -0.2) is 4.79 Å². The SMILES string of the molecule is Cc1cc(OC2NC(N(C)C(=O)N(C)CCCO)=C(C=O)N2Cc2ccc(Cl)cc2)ccn1. The first-order chi connectivity index (χ1) is 15.8. The van der Waals surface area contributed by atoms with Crippen LogP contribution in [0.1, 0.15) is 17.7 Å². The zero-order chi connectivity index (χ0) is 24.0. The number of allylic oxidation sites excluding steroid dienone is 1. The van der Waals surface area contributed by atoms with Crippen molar-refractivity contribution in [3.63, 3.8) is 0 Å². The van der Waals surface area contributed by atoms with Crippen LogP contribution in [0, 0.1) is 6.92 Å². The molecule has 2 aromatic rings. The first-order valence-corrected chi connectivity index (χ1v) is 10.9. The van der Waals surface area contributed by atoms with Gasteiger partial charge in [0.05, 0.1) is 0 Å². The first kappa shape index (κ1) is 24.3. The molecule has 2 N–H and O–H groups in total. The van der Waals surface area contributed by atoms with E-state index in [9.17, 15) is 9.59 Å². The van der Waals surface area contributed by atoms with Gasteiger partial charge in [0, 0.05) is 56.8 Å². The largest absolute Gasteiger partial charge is 0.452 e. The number of rotatable bonds is 9. The highest BCUT2D eigenvalue weighted by molar-refractivity contribution is 6.30. The summed E-state index contributed by atoms with van der Waals surface area (Å²) in [5.41, 5.74) is 1.99. The number of aldehydes is 1. The average molecular weight is 474 g/mol. The van der Waals surface area contributed by atoms with E-state index < -0.39 is 6.35 Å². The number of hydrogen-bond donors (Lipinski definition) is 2. The van der Waals surface area contributed by atoms with Gasteiger partial charge in [0.15, 0.2) is 6.29 Å². The third kappa shape index (κ3) is 5.94. The predicted octanol–water partition coefficient (Wildman–Crippen LogP) is 2.55. The average Bonchev–Trinajstić information content (AvgIpc) is 3.14. The van der Waals surface area contributed by atoms with Crippen LogP contribution in [-0.2, 0) is 11.3 Å². The van der Waals surface area contributed by atoms with Crippen molar-refractivity contribution in [3.8, 4) is 5.75 Å². The highest BCUT2D eigenvalue weighted by Gasteiger charge is 2.36. The number of halogens is 1. The van der Waals surface area contributed by atoms with Crippen molar-refractivity contribution >= 4 is 23.9 Å². The normalized spacial score (nSPS) is 15.3. The number of aliphatic hydroxyl groups excluding tert-OH is 1. The summed E-state index contributed by atoms with van der Waals surface area (Å²) in [6, 6.07) is 10.5. The van der Waals surface area contributed by atoms with Crippen LogP contribution in [0.3, 0.4) is 0 Å². The second-order valence-corrected chi connectivity index (χ2v) is 8.13. The molecule has 9 nitrogen and oxygen atoms in total. The maximum Gasteiger partial charge on any atom is 0.325 e. The number of aromatic nitrogens is 1. The van der Waals surface area contributed by atoms with E-state index >= 15 is 0 Å². The molecule has 0 aliphatic carbocycles. The van der Waals surface area contributed by atoms with Crippen LogP contribution in [0.25, 0.3) is 0 Å². The molecule has 0 saturated heterocycles. The monoisotopic (exact) mass is 473 g/mol. The molecule has 33 heavy (non-hydrogen) atoms. The van der Waals surface area contributed by atoms with E-state index in [0.29, 0.717) is 42.4 Å². The van der Waals surface area contributed by atoms with Gasteiger partial charge in [0.2, 0.25) is 0 Å². The highest BCUT2D eigenvalue weighted by Crippen LogP contribution is 2.27. The van der Waals surface area contributed by atoms with Crippen molar-refractivity contribution in [3.05, 3.63) is 70.4 Å². The molecule has 0 bridgehead atoms. The summed E-state index contributed by atoms with van der Waals surface area (Å²) in [7, 11) is 3.23. The summed E-state index contributed by atoms with van der Waals surface area (Å²) < 4.78 is 6.15. The number of carbonyl (C=O) groups is 2. The molecule has 2 amide bonds. The van der Waals surface area contributed by atoms with Crippen molar-refractivity contribution in [2.75, 3.05) is 27.2 Å². The van der Waals surface area contributed by atoms with Gasteiger partial charge < -0.3 is 25.0 Å². The second kappa shape index (κ2) is 11.0. The Bertz CT molecular complexity index is 1010. The summed E-state index contributed by atoms with van der Waals surface area (Å²) in [5.74, 6) is 0.900. The molecule has 2 heterocycles. The maximum atomic E-state index is 12.9. The maximum absolute atomic E-state index is 12.9. The van der Waals surface area contributed by atoms with Gasteiger partial charge in [-0.15, -0.1) is 0 Å². The minimum absolute atomic E-state index is 0.0159. The van der Waals surface area contributed by atoms with Gasteiger partial charge in [-0.05, 0) is 37.1 Å². The fraction of sp³-hybridized carbons (Fsp3) is 0.348. The molecule has 0 saturated carbocycles. The third-order valence-electron chi connectivity index (χ3n) is 5.19. The number of pyridine rings is 1. The van der Waals surface area contributed by atoms with Crippen LogP contribution in [0.5, 0.6) is 5.75 Å². The van der Waals surface area contributed by atoms with E-state index in [4.69, 9.17) is 21.4 Å². The molecular weight excluding hydrogens is 446 g/mol. The quantitative estimate of drug-likeness (QED) is 0.540. The Hall–Kier alpha value is -3.30. The lowest BCUT2D eigenvalue weighted by Crippen LogP contribution is -2.45. The molecule has 1 unspecified atom stereocenters. The van der Waals surface area contributed by atoms with Crippen LogP contribution < -0.4 is 10.1 Å². The van der Waals surface area contributed by atoms with E-state index in [0.717, 1.165) is 11.3 Å². The van der Waals surface area contributed by atoms with Gasteiger partial charge in [-0.3, -0.25) is 14.7 Å². The van der Waals surface area contributed by atoms with Crippen molar-refractivity contribution in [2.24, 2.45) is 0 Å². The fourth-order valence-corrected chi connectivity index (χ4v) is 3.57. The lowest BCUT2D eigenvalue weighted by atomic mass is 10.2. The van der Waals surface area contributed by atoms with Crippen molar-refractivity contribution < 1.29 is 19.4 Å². The number of ether oxygens (including phenoxy) is 1. The van der Waals surface area contributed by atoms with Crippen LogP contribution in [0.4, 0.5) is 4.79 Å². The van der Waals surface area contributed by atoms with Gasteiger partial charge in [-0.1, -0.05) is 23.7 Å². The standard InChI is InChI=1S/C23H28ClN5O4/c1-16-13-19(9-10-25-16)33-22-26-21(28(3)23(32)27(2)11-4-12-30)20(15-31)29(22)14-17-5-7-18(24)8-6-17/h5-10,13,15,22,26,30H,4,11-12,14H2,1-3H3. The number of hydrogen-bond acceptors (Lipinski definition) is 7. The number of nitrogens with zero attached hydrogens (tertiary/aromatic N) is 4. The molecule has 1 atom stereocenters. The predicted molar refractivity (Wildman–Crippen MR) is 124 cm³/mol. The van der Waals surface area contributed by atoms with Crippen LogP contribution >= 0.6 is 11.6 Å². The summed E-state index contributed by atoms with van der Waals surface area (Å²) >= 11 is 6.01. The van der Waals surface area contributed by atoms with Gasteiger partial charge >= 0.3 is 6.03 Å². The van der Waals surface area contributed by atoms with Crippen molar-refractivity contribution in [1.82, 2.24) is 25.0 Å². The lowest BCUT2D eigenvalue weighted by molar-refractivity contribution is -0.107. The van der Waals surface area contributed by atoms with E-state index in [1.807, 2.05) is 19.1 Å². The Morgan fingerprint density at radius 1 is 1.30 bits per heavy atom. The minimum atomic E-state index is -0.740. The molecular formula is C23H28ClN5O4. The summed E-state index contributed by atoms with van der Waals surface area (Å²) in [6.07, 6.45) is 2.07. The number of benzene rings is 1. The van der Waals surface area contributed by atoms with Gasteiger partial charge in [0.1, 0.15) is 17.3 Å². The van der Waals surface area contributed by atoms with Crippen LogP contribution in [-0.4, -0.2) is 70.7 Å². The molecule has 0 spiro atoms. The summed E-state index contributed by atoms with van der Waals surface area (Å²) in [6.45, 7) is 2.57. The Morgan fingerprint density at radius 3 is 2.67 bits per heavy atom. The fourth-order valence-electron chi connectivity index (χ4n) is 3.45. The number of aliphatic hydroxyl groups is 1. The Morgan fingerprint density at radius 2 is 2.03 bits per heavy atom. The van der Waals surface area contributed by atoms with Gasteiger partial charge in [0.25, 0.3) is 6.35 Å². The van der Waals surface area contributed by atoms with Crippen LogP contribution in [0.2, 0.25) is 5.02 Å². The molecule has 0 fully saturated rings. The number of carbonyl (C=O) groups excluding carboxylic acids is 2. The van der Waals surface area contributed by atoms with E-state index in [1.165, 1.54) is 9.80 Å². The summed E-state index contributed by atoms with van der Waals surface area (Å²) in [5, 5.41) is 12.8. The Balaban J connectivity index is 1.90. The zero-order valence-corrected chi connectivity index (χ0v) is 19.6. The topological polar surface area (TPSA) is 98.2 Å². The number of nitrogens with one attached hydrogen (secondary N) is 1. The van der Waals surface area contributed by atoms with E-state index in [1.54, 1.807) is 49.5 Å². The molecule has 1 aromatic heterocycles. The molecule has 1 aliphatic heterocycles. The zero-order valence-electron chi connectivity index (χ0n) is 18.9. The molecule has 3 rings (SSSR count). The molecule has 1 aromatic carbocycles. The highest BCUT2D eigenvalue weighted by atomic mass is 35.5. The lowest BCUT2D eigenvalue weighted by Gasteiger charge is -2.28. The Kier molecular flexibility index (Phi) is 8.13. The number of aryl methyl sites for hydroxylation is 1. The summed E-state index contributed by atoms with van der Waals surface area (Å²) in [4.78, 5) is 33.9. The van der Waals surface area contributed by atoms with Crippen molar-refractivity contribution in [2.45, 2.75) is 26.2 Å². The molecule has 10 heteroatoms. The van der Waals surface area contributed by atoms with Gasteiger partial charge in [-0.2, -0.15) is 0 Å². The third-order valence-corrected chi connectivity index (χ3v) is 5.44. The molecule has 176 valence electrons. The molecule has 0 radical (unpaired) electrons. The second-order valence-electron chi connectivity index (χ2n) is 7.69. The number of urea groups is 1. The van der Waals surface area contributed by atoms with E-state index in [-0.39, 0.29) is 18.3 Å². The Labute approximate surface area is 198 Å². The van der Waals surface area contributed by atoms with Crippen molar-refractivity contribution in [1.29, 1.82) is 0 Å². The smallest absolute Gasteiger partial charge is 0.325 e.